The molecule has 55 heavy (non-hydrogen) atoms. The van der Waals surface area contributed by atoms with Crippen molar-refractivity contribution < 1.29 is 32.1 Å². The maximum atomic E-state index is 13.1. The first kappa shape index (κ1) is 42.4. The Labute approximate surface area is 334 Å². The first-order chi connectivity index (χ1) is 25.8. The van der Waals surface area contributed by atoms with Gasteiger partial charge in [0.2, 0.25) is 23.7 Å². The first-order valence-corrected chi connectivity index (χ1v) is 20.1. The third-order valence-electron chi connectivity index (χ3n) is 9.35. The lowest BCUT2D eigenvalue weighted by atomic mass is 9.81. The van der Waals surface area contributed by atoms with Crippen molar-refractivity contribution in [1.82, 2.24) is 29.9 Å². The van der Waals surface area contributed by atoms with E-state index < -0.39 is 30.5 Å². The van der Waals surface area contributed by atoms with E-state index >= 15 is 0 Å². The SMILES string of the molecule is CC(=O)Nc1csc(-c2cnc(N3CCC[C@@H]3C)nc2)n1.CC(=O)Nc1csc(Br)n1.CC1(C)OB(c2cnc(N3CCC[C@@H]3C(F)(F)F)nc2)OC1(C)C. The summed E-state index contributed by atoms with van der Waals surface area (Å²) in [6.07, 6.45) is 5.22. The van der Waals surface area contributed by atoms with E-state index in [1.54, 1.807) is 17.8 Å². The fourth-order valence-corrected chi connectivity index (χ4v) is 7.54. The number of halogens is 4. The van der Waals surface area contributed by atoms with Crippen molar-refractivity contribution >= 4 is 86.5 Å². The predicted octanol–water partition coefficient (Wildman–Crippen LogP) is 6.72. The fraction of sp³-hybridized carbons (Fsp3) is 0.529. The number of carbonyl (C=O) groups is 2. The topological polar surface area (TPSA) is 160 Å². The van der Waals surface area contributed by atoms with Crippen LogP contribution in [0.25, 0.3) is 10.6 Å². The molecule has 0 spiro atoms. The highest BCUT2D eigenvalue weighted by atomic mass is 79.9. The number of nitrogens with zero attached hydrogens (tertiary/aromatic N) is 8. The minimum atomic E-state index is -4.27. The van der Waals surface area contributed by atoms with E-state index in [2.05, 4.69) is 68.3 Å². The van der Waals surface area contributed by atoms with Crippen LogP contribution in [0.4, 0.5) is 36.7 Å². The molecule has 3 aliphatic heterocycles. The Morgan fingerprint density at radius 3 is 1.85 bits per heavy atom. The summed E-state index contributed by atoms with van der Waals surface area (Å²) in [6.45, 7) is 14.2. The maximum Gasteiger partial charge on any atom is 0.498 e. The van der Waals surface area contributed by atoms with E-state index in [9.17, 15) is 22.8 Å². The molecule has 2 amide bonds. The smallest absolute Gasteiger partial charge is 0.399 e. The Hall–Kier alpha value is -3.79. The van der Waals surface area contributed by atoms with Crippen LogP contribution in [0.5, 0.6) is 0 Å². The highest BCUT2D eigenvalue weighted by Gasteiger charge is 2.52. The van der Waals surface area contributed by atoms with E-state index in [1.165, 1.54) is 66.7 Å². The number of aromatic nitrogens is 6. The van der Waals surface area contributed by atoms with Crippen LogP contribution in [-0.2, 0) is 18.9 Å². The van der Waals surface area contributed by atoms with Gasteiger partial charge >= 0.3 is 13.3 Å². The first-order valence-electron chi connectivity index (χ1n) is 17.5. The predicted molar refractivity (Wildman–Crippen MR) is 212 cm³/mol. The van der Waals surface area contributed by atoms with Crippen molar-refractivity contribution in [3.63, 3.8) is 0 Å². The minimum Gasteiger partial charge on any atom is -0.399 e. The number of thiazole rings is 2. The number of amides is 2. The Balaban J connectivity index is 0.000000171. The highest BCUT2D eigenvalue weighted by molar-refractivity contribution is 9.11. The lowest BCUT2D eigenvalue weighted by Gasteiger charge is -2.32. The van der Waals surface area contributed by atoms with Crippen LogP contribution in [0.1, 0.15) is 74.1 Å². The molecule has 14 nitrogen and oxygen atoms in total. The molecule has 4 aromatic rings. The molecule has 4 aromatic heterocycles. The number of carbonyl (C=O) groups excluding carboxylic acids is 2. The van der Waals surface area contributed by atoms with Crippen molar-refractivity contribution in [1.29, 1.82) is 0 Å². The second kappa shape index (κ2) is 17.6. The van der Waals surface area contributed by atoms with Gasteiger partial charge in [0.15, 0.2) is 3.92 Å². The minimum absolute atomic E-state index is 0.0752. The molecule has 2 atom stereocenters. The number of anilines is 4. The summed E-state index contributed by atoms with van der Waals surface area (Å²) < 4.78 is 51.7. The fourth-order valence-electron chi connectivity index (χ4n) is 5.87. The van der Waals surface area contributed by atoms with Gasteiger partial charge in [0.05, 0.1) is 11.2 Å². The average Bonchev–Trinajstić information content (AvgIpc) is 3.95. The number of alkyl halides is 3. The van der Waals surface area contributed by atoms with Crippen molar-refractivity contribution in [2.45, 2.75) is 104 Å². The monoisotopic (exact) mass is 866 g/mol. The van der Waals surface area contributed by atoms with Crippen LogP contribution >= 0.6 is 38.6 Å². The molecule has 3 fully saturated rings. The van der Waals surface area contributed by atoms with Gasteiger partial charge in [0.1, 0.15) is 22.7 Å². The van der Waals surface area contributed by atoms with Gasteiger partial charge in [-0.3, -0.25) is 9.59 Å². The summed E-state index contributed by atoms with van der Waals surface area (Å²) >= 11 is 6.08. The van der Waals surface area contributed by atoms with Crippen LogP contribution in [0.15, 0.2) is 39.5 Å². The summed E-state index contributed by atoms with van der Waals surface area (Å²) in [4.78, 5) is 50.4. The Morgan fingerprint density at radius 2 is 1.35 bits per heavy atom. The summed E-state index contributed by atoms with van der Waals surface area (Å²) in [5.74, 6) is 1.82. The quantitative estimate of drug-likeness (QED) is 0.197. The van der Waals surface area contributed by atoms with Crippen LogP contribution in [0, 0.1) is 0 Å². The van der Waals surface area contributed by atoms with E-state index in [1.807, 2.05) is 33.1 Å². The maximum absolute atomic E-state index is 13.1. The van der Waals surface area contributed by atoms with Crippen LogP contribution in [0.2, 0.25) is 0 Å². The number of hydrogen-bond acceptors (Lipinski definition) is 14. The normalized spacial score (nSPS) is 20.0. The number of nitrogens with one attached hydrogen (secondary N) is 2. The van der Waals surface area contributed by atoms with E-state index in [0.717, 1.165) is 27.0 Å². The third-order valence-corrected chi connectivity index (χ3v) is 11.6. The Bertz CT molecular complexity index is 1900. The lowest BCUT2D eigenvalue weighted by molar-refractivity contribution is -0.146. The lowest BCUT2D eigenvalue weighted by Crippen LogP contribution is -2.42. The van der Waals surface area contributed by atoms with Crippen LogP contribution in [-0.4, -0.2) is 91.4 Å². The molecule has 0 aliphatic carbocycles. The van der Waals surface area contributed by atoms with Crippen molar-refractivity contribution in [3.8, 4) is 10.6 Å². The average molecular weight is 868 g/mol. The summed E-state index contributed by atoms with van der Waals surface area (Å²) in [6, 6.07) is -1.01. The number of hydrogen-bond donors (Lipinski definition) is 2. The molecule has 0 bridgehead atoms. The zero-order valence-electron chi connectivity index (χ0n) is 31.5. The molecule has 0 radical (unpaired) electrons. The molecule has 2 N–H and O–H groups in total. The molecule has 0 unspecified atom stereocenters. The molecule has 7 rings (SSSR count). The zero-order chi connectivity index (χ0) is 40.1. The third kappa shape index (κ3) is 11.0. The zero-order valence-corrected chi connectivity index (χ0v) is 34.7. The molecule has 3 saturated heterocycles. The van der Waals surface area contributed by atoms with Gasteiger partial charge in [0.25, 0.3) is 0 Å². The summed E-state index contributed by atoms with van der Waals surface area (Å²) in [5, 5.41) is 9.61. The standard InChI is InChI=1S/C15H21BF3N3O2.C14H17N5OS.C5H5BrN2OS/c1-13(2)14(3,4)24-16(23-13)10-8-20-12(21-9-10)22-7-5-6-11(22)15(17,18)19;1-9-4-3-5-19(9)14-15-6-11(7-16-14)13-18-12(8-21-13)17-10(2)20;1-3(9)7-4-2-10-5(6)8-4/h8-9,11H,5-7H2,1-4H3;6-9H,3-5H2,1-2H3,(H,17,20);2H,1H3,(H,7,9)/t11-;9-;/m10./s1. The van der Waals surface area contributed by atoms with Gasteiger partial charge in [-0.25, -0.2) is 29.9 Å². The van der Waals surface area contributed by atoms with Gasteiger partial charge < -0.3 is 29.7 Å². The van der Waals surface area contributed by atoms with Gasteiger partial charge in [-0.15, -0.1) is 22.7 Å². The molecule has 0 aromatic carbocycles. The second-order valence-corrected chi connectivity index (χ2v) is 17.1. The van der Waals surface area contributed by atoms with Gasteiger partial charge in [-0.1, -0.05) is 0 Å². The number of rotatable bonds is 6. The van der Waals surface area contributed by atoms with Crippen molar-refractivity contribution in [3.05, 3.63) is 39.5 Å². The Morgan fingerprint density at radius 1 is 0.836 bits per heavy atom. The van der Waals surface area contributed by atoms with E-state index in [0.29, 0.717) is 36.1 Å². The molecule has 7 heterocycles. The van der Waals surface area contributed by atoms with Crippen LogP contribution in [0.3, 0.4) is 0 Å². The highest BCUT2D eigenvalue weighted by Crippen LogP contribution is 2.37. The van der Waals surface area contributed by atoms with Crippen molar-refractivity contribution in [2.24, 2.45) is 0 Å². The van der Waals surface area contributed by atoms with Gasteiger partial charge in [-0.2, -0.15) is 13.2 Å². The Kier molecular flexibility index (Phi) is 13.5. The molecule has 21 heteroatoms. The van der Waals surface area contributed by atoms with Crippen LogP contribution < -0.4 is 25.9 Å². The van der Waals surface area contributed by atoms with Gasteiger partial charge in [-0.05, 0) is 76.2 Å². The van der Waals surface area contributed by atoms with E-state index in [-0.39, 0.29) is 24.2 Å². The summed E-state index contributed by atoms with van der Waals surface area (Å²) in [5.41, 5.74) is 0.478. The summed E-state index contributed by atoms with van der Waals surface area (Å²) in [7, 11) is -0.624. The second-order valence-electron chi connectivity index (χ2n) is 14.1. The largest absolute Gasteiger partial charge is 0.498 e. The van der Waals surface area contributed by atoms with Gasteiger partial charge in [0, 0.05) is 79.6 Å². The molecule has 0 saturated carbocycles. The molecular formula is C34H43BBrF3N10O4S2. The van der Waals surface area contributed by atoms with Crippen molar-refractivity contribution in [2.75, 3.05) is 33.5 Å². The van der Waals surface area contributed by atoms with E-state index in [4.69, 9.17) is 9.31 Å². The molecule has 3 aliphatic rings. The molecule has 296 valence electrons. The molecular weight excluding hydrogens is 824 g/mol.